The third kappa shape index (κ3) is 2.33. The maximum Gasteiger partial charge on any atom is 0.219 e. The van der Waals surface area contributed by atoms with E-state index in [1.165, 1.54) is 16.6 Å². The molecule has 0 bridgehead atoms. The lowest BCUT2D eigenvalue weighted by Crippen LogP contribution is -2.33. The molecule has 1 aliphatic heterocycles. The van der Waals surface area contributed by atoms with Crippen LogP contribution >= 0.6 is 0 Å². The Morgan fingerprint density at radius 2 is 2.15 bits per heavy atom. The molecule has 1 aromatic carbocycles. The summed E-state index contributed by atoms with van der Waals surface area (Å²) in [5.74, 6) is 0.226. The van der Waals surface area contributed by atoms with E-state index in [9.17, 15) is 4.79 Å². The molecule has 3 heteroatoms. The maximum absolute atomic E-state index is 11.6. The number of nitrogens with zero attached hydrogens (tertiary/aromatic N) is 2. The second-order valence-corrected chi connectivity index (χ2v) is 5.80. The number of likely N-dealkylation sites (tertiary alicyclic amines) is 1. The van der Waals surface area contributed by atoms with Crippen LogP contribution in [0.25, 0.3) is 10.9 Å². The van der Waals surface area contributed by atoms with Crippen molar-refractivity contribution in [1.82, 2.24) is 9.47 Å². The number of aromatic nitrogens is 1. The lowest BCUT2D eigenvalue weighted by molar-refractivity contribution is -0.129. The van der Waals surface area contributed by atoms with Gasteiger partial charge in [0.05, 0.1) is 0 Å². The Hall–Kier alpha value is -1.77. The van der Waals surface area contributed by atoms with Crippen molar-refractivity contribution in [1.29, 1.82) is 0 Å². The largest absolute Gasteiger partial charge is 0.348 e. The summed E-state index contributed by atoms with van der Waals surface area (Å²) >= 11 is 0. The van der Waals surface area contributed by atoms with Crippen LogP contribution in [0.4, 0.5) is 0 Å². The number of carbonyl (C=O) groups is 1. The molecule has 0 radical (unpaired) electrons. The minimum absolute atomic E-state index is 0.226. The summed E-state index contributed by atoms with van der Waals surface area (Å²) in [5.41, 5.74) is 2.65. The Kier molecular flexibility index (Phi) is 3.51. The van der Waals surface area contributed by atoms with E-state index in [4.69, 9.17) is 0 Å². The SMILES string of the molecule is CC(=O)N1CCC[C@H]1CCc1cc2ccccc2n1C. The smallest absolute Gasteiger partial charge is 0.219 e. The molecule has 2 heterocycles. The van der Waals surface area contributed by atoms with Crippen molar-refractivity contribution in [2.24, 2.45) is 7.05 Å². The van der Waals surface area contributed by atoms with Crippen LogP contribution in [-0.4, -0.2) is 28.0 Å². The molecule has 0 saturated carbocycles. The summed E-state index contributed by atoms with van der Waals surface area (Å²) in [5, 5.41) is 1.31. The molecule has 1 amide bonds. The lowest BCUT2D eigenvalue weighted by Gasteiger charge is -2.23. The van der Waals surface area contributed by atoms with Gasteiger partial charge in [0.1, 0.15) is 0 Å². The van der Waals surface area contributed by atoms with E-state index in [1.807, 2.05) is 4.90 Å². The molecule has 1 atom stereocenters. The average Bonchev–Trinajstić information content (AvgIpc) is 3.02. The minimum atomic E-state index is 0.226. The summed E-state index contributed by atoms with van der Waals surface area (Å²) in [6.45, 7) is 2.63. The van der Waals surface area contributed by atoms with Gasteiger partial charge in [-0.05, 0) is 43.2 Å². The van der Waals surface area contributed by atoms with Crippen molar-refractivity contribution in [3.8, 4) is 0 Å². The van der Waals surface area contributed by atoms with Gasteiger partial charge in [-0.15, -0.1) is 0 Å². The molecular weight excluding hydrogens is 248 g/mol. The van der Waals surface area contributed by atoms with Crippen molar-refractivity contribution < 1.29 is 4.79 Å². The van der Waals surface area contributed by atoms with E-state index >= 15 is 0 Å². The fourth-order valence-electron chi connectivity index (χ4n) is 3.45. The average molecular weight is 270 g/mol. The van der Waals surface area contributed by atoms with Gasteiger partial charge in [-0.1, -0.05) is 18.2 Å². The predicted molar refractivity (Wildman–Crippen MR) is 81.6 cm³/mol. The Morgan fingerprint density at radius 3 is 2.90 bits per heavy atom. The van der Waals surface area contributed by atoms with Gasteiger partial charge in [0.15, 0.2) is 0 Å². The van der Waals surface area contributed by atoms with Crippen LogP contribution in [0.15, 0.2) is 30.3 Å². The van der Waals surface area contributed by atoms with Crippen LogP contribution in [0, 0.1) is 0 Å². The highest BCUT2D eigenvalue weighted by atomic mass is 16.2. The highest BCUT2D eigenvalue weighted by Gasteiger charge is 2.26. The van der Waals surface area contributed by atoms with Gasteiger partial charge in [0.2, 0.25) is 5.91 Å². The first-order valence-corrected chi connectivity index (χ1v) is 7.47. The second kappa shape index (κ2) is 5.31. The molecule has 1 aliphatic rings. The summed E-state index contributed by atoms with van der Waals surface area (Å²) in [7, 11) is 2.13. The summed E-state index contributed by atoms with van der Waals surface area (Å²) in [4.78, 5) is 13.6. The molecule has 3 rings (SSSR count). The van der Waals surface area contributed by atoms with E-state index < -0.39 is 0 Å². The number of hydrogen-bond donors (Lipinski definition) is 0. The Balaban J connectivity index is 1.74. The van der Waals surface area contributed by atoms with E-state index in [0.29, 0.717) is 6.04 Å². The first kappa shape index (κ1) is 13.2. The van der Waals surface area contributed by atoms with E-state index in [1.54, 1.807) is 6.92 Å². The standard InChI is InChI=1S/C17H22N2O/c1-13(20)19-11-5-7-15(19)9-10-16-12-14-6-3-4-8-17(14)18(16)2/h3-4,6,8,12,15H,5,7,9-11H2,1-2H3/t15-/m0/s1. The molecule has 2 aromatic rings. The number of benzene rings is 1. The third-order valence-electron chi connectivity index (χ3n) is 4.57. The molecule has 0 aliphatic carbocycles. The van der Waals surface area contributed by atoms with Gasteiger partial charge in [-0.25, -0.2) is 0 Å². The fraction of sp³-hybridized carbons (Fsp3) is 0.471. The second-order valence-electron chi connectivity index (χ2n) is 5.80. The van der Waals surface area contributed by atoms with Gasteiger partial charge < -0.3 is 9.47 Å². The quantitative estimate of drug-likeness (QED) is 0.841. The minimum Gasteiger partial charge on any atom is -0.348 e. The molecular formula is C17H22N2O. The maximum atomic E-state index is 11.6. The van der Waals surface area contributed by atoms with E-state index in [0.717, 1.165) is 32.2 Å². The molecule has 3 nitrogen and oxygen atoms in total. The zero-order valence-corrected chi connectivity index (χ0v) is 12.3. The zero-order valence-electron chi connectivity index (χ0n) is 12.3. The Bertz CT molecular complexity index is 629. The number of rotatable bonds is 3. The van der Waals surface area contributed by atoms with E-state index in [2.05, 4.69) is 41.9 Å². The molecule has 0 unspecified atom stereocenters. The van der Waals surface area contributed by atoms with Crippen molar-refractivity contribution >= 4 is 16.8 Å². The van der Waals surface area contributed by atoms with Crippen LogP contribution in [0.1, 0.15) is 31.9 Å². The molecule has 1 saturated heterocycles. The predicted octanol–water partition coefficient (Wildman–Crippen LogP) is 3.12. The van der Waals surface area contributed by atoms with Gasteiger partial charge in [0.25, 0.3) is 0 Å². The van der Waals surface area contributed by atoms with Gasteiger partial charge in [-0.2, -0.15) is 0 Å². The number of hydrogen-bond acceptors (Lipinski definition) is 1. The van der Waals surface area contributed by atoms with Crippen LogP contribution in [-0.2, 0) is 18.3 Å². The van der Waals surface area contributed by atoms with Crippen molar-refractivity contribution in [2.45, 2.75) is 38.6 Å². The third-order valence-corrected chi connectivity index (χ3v) is 4.57. The summed E-state index contributed by atoms with van der Waals surface area (Å²) in [6, 6.07) is 11.2. The van der Waals surface area contributed by atoms with Crippen LogP contribution < -0.4 is 0 Å². The van der Waals surface area contributed by atoms with Crippen LogP contribution in [0.2, 0.25) is 0 Å². The normalized spacial score (nSPS) is 18.9. The van der Waals surface area contributed by atoms with E-state index in [-0.39, 0.29) is 5.91 Å². The van der Waals surface area contributed by atoms with Crippen LogP contribution in [0.3, 0.4) is 0 Å². The van der Waals surface area contributed by atoms with Gasteiger partial charge in [-0.3, -0.25) is 4.79 Å². The zero-order chi connectivity index (χ0) is 14.1. The van der Waals surface area contributed by atoms with Crippen molar-refractivity contribution in [3.05, 3.63) is 36.0 Å². The first-order valence-electron chi connectivity index (χ1n) is 7.47. The van der Waals surface area contributed by atoms with Gasteiger partial charge in [0, 0.05) is 37.8 Å². The molecule has 20 heavy (non-hydrogen) atoms. The highest BCUT2D eigenvalue weighted by Crippen LogP contribution is 2.24. The highest BCUT2D eigenvalue weighted by molar-refractivity contribution is 5.81. The number of carbonyl (C=O) groups excluding carboxylic acids is 1. The summed E-state index contributed by atoms with van der Waals surface area (Å²) < 4.78 is 2.28. The molecule has 1 aromatic heterocycles. The number of amides is 1. The number of fused-ring (bicyclic) bond motifs is 1. The lowest BCUT2D eigenvalue weighted by atomic mass is 10.1. The fourth-order valence-corrected chi connectivity index (χ4v) is 3.45. The number of aryl methyl sites for hydroxylation is 2. The van der Waals surface area contributed by atoms with Crippen molar-refractivity contribution in [2.75, 3.05) is 6.54 Å². The van der Waals surface area contributed by atoms with Crippen molar-refractivity contribution in [3.63, 3.8) is 0 Å². The van der Waals surface area contributed by atoms with Gasteiger partial charge >= 0.3 is 0 Å². The molecule has 106 valence electrons. The summed E-state index contributed by atoms with van der Waals surface area (Å²) in [6.07, 6.45) is 4.42. The monoisotopic (exact) mass is 270 g/mol. The molecule has 0 N–H and O–H groups in total. The number of para-hydroxylation sites is 1. The first-order chi connectivity index (χ1) is 9.66. The molecule has 1 fully saturated rings. The van der Waals surface area contributed by atoms with Crippen LogP contribution in [0.5, 0.6) is 0 Å². The topological polar surface area (TPSA) is 25.2 Å². The Morgan fingerprint density at radius 1 is 1.35 bits per heavy atom. The molecule has 0 spiro atoms. The Labute approximate surface area is 120 Å².